The van der Waals surface area contributed by atoms with Crippen LogP contribution in [-0.4, -0.2) is 66.8 Å². The Morgan fingerprint density at radius 1 is 1.14 bits per heavy atom. The van der Waals surface area contributed by atoms with E-state index in [0.29, 0.717) is 19.6 Å². The second kappa shape index (κ2) is 8.89. The highest BCUT2D eigenvalue weighted by Crippen LogP contribution is 2.29. The predicted molar refractivity (Wildman–Crippen MR) is 103 cm³/mol. The van der Waals surface area contributed by atoms with Gasteiger partial charge in [-0.3, -0.25) is 0 Å². The number of likely N-dealkylation sites (N-methyl/N-ethyl adjacent to an activating group) is 1. The molecule has 1 aromatic carbocycles. The van der Waals surface area contributed by atoms with Gasteiger partial charge in [0, 0.05) is 31.9 Å². The molecule has 0 unspecified atom stereocenters. The number of rotatable bonds is 3. The minimum atomic E-state index is -4.43. The highest BCUT2D eigenvalue weighted by atomic mass is 19.4. The quantitative estimate of drug-likeness (QED) is 0.792. The number of carbonyl (C=O) groups is 2. The Labute approximate surface area is 168 Å². The maximum Gasteiger partial charge on any atom is 0.416 e. The third-order valence-electron chi connectivity index (χ3n) is 4.29. The van der Waals surface area contributed by atoms with Crippen LogP contribution in [0.15, 0.2) is 24.3 Å². The van der Waals surface area contributed by atoms with Gasteiger partial charge in [0.15, 0.2) is 0 Å². The number of nitrogens with zero attached hydrogens (tertiary/aromatic N) is 2. The summed E-state index contributed by atoms with van der Waals surface area (Å²) in [5, 5.41) is 5.29. The standard InChI is InChI=1S/C19H27F3N4O3/c1-18(2,3)29-17(28)23-11-15-12-25(4)9-10-26(15)16(27)24-14-7-5-13(6-8-14)19(20,21)22/h5-8,15H,9-12H2,1-4H3,(H,23,28)(H,24,27)/t15-/m1/s1. The number of nitrogens with one attached hydrogen (secondary N) is 2. The van der Waals surface area contributed by atoms with Crippen LogP contribution in [0.1, 0.15) is 26.3 Å². The van der Waals surface area contributed by atoms with E-state index in [1.807, 2.05) is 11.9 Å². The number of carbonyl (C=O) groups excluding carboxylic acids is 2. The number of benzene rings is 1. The minimum Gasteiger partial charge on any atom is -0.444 e. The fourth-order valence-corrected chi connectivity index (χ4v) is 2.91. The number of alkyl carbamates (subject to hydrolysis) is 1. The summed E-state index contributed by atoms with van der Waals surface area (Å²) in [4.78, 5) is 28.2. The Morgan fingerprint density at radius 3 is 2.31 bits per heavy atom. The van der Waals surface area contributed by atoms with Gasteiger partial charge >= 0.3 is 18.3 Å². The number of anilines is 1. The van der Waals surface area contributed by atoms with Crippen molar-refractivity contribution >= 4 is 17.8 Å². The smallest absolute Gasteiger partial charge is 0.416 e. The summed E-state index contributed by atoms with van der Waals surface area (Å²) in [5.41, 5.74) is -1.15. The molecule has 2 N–H and O–H groups in total. The van der Waals surface area contributed by atoms with Crippen LogP contribution in [0.4, 0.5) is 28.4 Å². The molecule has 0 aliphatic carbocycles. The average Bonchev–Trinajstić information content (AvgIpc) is 2.58. The van der Waals surface area contributed by atoms with Gasteiger partial charge in [-0.15, -0.1) is 0 Å². The summed E-state index contributed by atoms with van der Waals surface area (Å²) in [5.74, 6) is 0. The van der Waals surface area contributed by atoms with Crippen molar-refractivity contribution in [2.75, 3.05) is 38.5 Å². The highest BCUT2D eigenvalue weighted by Gasteiger charge is 2.31. The van der Waals surface area contributed by atoms with Crippen LogP contribution in [0, 0.1) is 0 Å². The van der Waals surface area contributed by atoms with Gasteiger partial charge in [0.1, 0.15) is 5.60 Å². The molecule has 1 aromatic rings. The van der Waals surface area contributed by atoms with E-state index in [9.17, 15) is 22.8 Å². The maximum atomic E-state index is 12.7. The zero-order valence-corrected chi connectivity index (χ0v) is 17.0. The lowest BCUT2D eigenvalue weighted by atomic mass is 10.1. The van der Waals surface area contributed by atoms with E-state index in [1.54, 1.807) is 25.7 Å². The zero-order valence-electron chi connectivity index (χ0n) is 17.0. The first-order valence-corrected chi connectivity index (χ1v) is 9.25. The maximum absolute atomic E-state index is 12.7. The first-order chi connectivity index (χ1) is 13.3. The Kier molecular flexibility index (Phi) is 6.99. The molecule has 1 aliphatic rings. The number of urea groups is 1. The Bertz CT molecular complexity index is 717. The van der Waals surface area contributed by atoms with Crippen LogP contribution >= 0.6 is 0 Å². The topological polar surface area (TPSA) is 73.9 Å². The van der Waals surface area contributed by atoms with E-state index < -0.39 is 29.5 Å². The van der Waals surface area contributed by atoms with Crippen molar-refractivity contribution < 1.29 is 27.5 Å². The molecule has 10 heteroatoms. The van der Waals surface area contributed by atoms with Gasteiger partial charge in [-0.1, -0.05) is 0 Å². The lowest BCUT2D eigenvalue weighted by Crippen LogP contribution is -2.58. The molecule has 7 nitrogen and oxygen atoms in total. The number of halogens is 3. The summed E-state index contributed by atoms with van der Waals surface area (Å²) < 4.78 is 43.2. The summed E-state index contributed by atoms with van der Waals surface area (Å²) in [6.07, 6.45) is -5.01. The van der Waals surface area contributed by atoms with Gasteiger partial charge in [0.2, 0.25) is 0 Å². The van der Waals surface area contributed by atoms with Gasteiger partial charge in [-0.2, -0.15) is 13.2 Å². The van der Waals surface area contributed by atoms with Gasteiger partial charge in [-0.05, 0) is 52.1 Å². The van der Waals surface area contributed by atoms with Crippen molar-refractivity contribution in [1.82, 2.24) is 15.1 Å². The molecule has 29 heavy (non-hydrogen) atoms. The third kappa shape index (κ3) is 7.12. The Balaban J connectivity index is 1.99. The number of hydrogen-bond donors (Lipinski definition) is 2. The van der Waals surface area contributed by atoms with E-state index in [-0.39, 0.29) is 18.3 Å². The lowest BCUT2D eigenvalue weighted by molar-refractivity contribution is -0.137. The zero-order chi connectivity index (χ0) is 21.8. The Hall–Kier alpha value is -2.49. The summed E-state index contributed by atoms with van der Waals surface area (Å²) in [6, 6.07) is 3.52. The monoisotopic (exact) mass is 416 g/mol. The van der Waals surface area contributed by atoms with E-state index >= 15 is 0 Å². The molecule has 0 bridgehead atoms. The molecule has 1 fully saturated rings. The van der Waals surface area contributed by atoms with E-state index in [4.69, 9.17) is 4.74 Å². The molecule has 1 aliphatic heterocycles. The van der Waals surface area contributed by atoms with Crippen molar-refractivity contribution in [1.29, 1.82) is 0 Å². The van der Waals surface area contributed by atoms with Gasteiger partial charge in [0.25, 0.3) is 0 Å². The first-order valence-electron chi connectivity index (χ1n) is 9.25. The molecule has 1 saturated heterocycles. The van der Waals surface area contributed by atoms with Crippen molar-refractivity contribution in [3.63, 3.8) is 0 Å². The van der Waals surface area contributed by atoms with Gasteiger partial charge in [0.05, 0.1) is 11.6 Å². The molecule has 3 amide bonds. The summed E-state index contributed by atoms with van der Waals surface area (Å²) in [6.45, 7) is 7.06. The molecule has 0 aromatic heterocycles. The van der Waals surface area contributed by atoms with Crippen LogP contribution < -0.4 is 10.6 Å². The molecule has 2 rings (SSSR count). The lowest BCUT2D eigenvalue weighted by Gasteiger charge is -2.40. The molecule has 1 atom stereocenters. The number of alkyl halides is 3. The molecule has 0 saturated carbocycles. The minimum absolute atomic E-state index is 0.194. The number of amides is 3. The Morgan fingerprint density at radius 2 is 1.76 bits per heavy atom. The fourth-order valence-electron chi connectivity index (χ4n) is 2.91. The van der Waals surface area contributed by atoms with Crippen molar-refractivity contribution in [3.8, 4) is 0 Å². The predicted octanol–water partition coefficient (Wildman–Crippen LogP) is 3.38. The van der Waals surface area contributed by atoms with E-state index in [1.165, 1.54) is 12.1 Å². The molecular formula is C19H27F3N4O3. The van der Waals surface area contributed by atoms with E-state index in [0.717, 1.165) is 12.1 Å². The van der Waals surface area contributed by atoms with Crippen LogP contribution in [0.2, 0.25) is 0 Å². The first kappa shape index (κ1) is 22.8. The number of ether oxygens (including phenoxy) is 1. The largest absolute Gasteiger partial charge is 0.444 e. The van der Waals surface area contributed by atoms with Crippen molar-refractivity contribution in [2.24, 2.45) is 0 Å². The summed E-state index contributed by atoms with van der Waals surface area (Å²) >= 11 is 0. The normalized spacial score (nSPS) is 18.3. The molecule has 0 radical (unpaired) electrons. The average molecular weight is 416 g/mol. The SMILES string of the molecule is CN1CCN(C(=O)Nc2ccc(C(F)(F)F)cc2)[C@H](CNC(=O)OC(C)(C)C)C1. The van der Waals surface area contributed by atoms with Gasteiger partial charge < -0.3 is 25.2 Å². The second-order valence-corrected chi connectivity index (χ2v) is 8.00. The van der Waals surface area contributed by atoms with E-state index in [2.05, 4.69) is 10.6 Å². The van der Waals surface area contributed by atoms with Crippen molar-refractivity contribution in [3.05, 3.63) is 29.8 Å². The van der Waals surface area contributed by atoms with Crippen LogP contribution in [-0.2, 0) is 10.9 Å². The summed E-state index contributed by atoms with van der Waals surface area (Å²) in [7, 11) is 1.91. The van der Waals surface area contributed by atoms with Crippen LogP contribution in [0.5, 0.6) is 0 Å². The fraction of sp³-hybridized carbons (Fsp3) is 0.579. The molecular weight excluding hydrogens is 389 g/mol. The van der Waals surface area contributed by atoms with Crippen LogP contribution in [0.25, 0.3) is 0 Å². The van der Waals surface area contributed by atoms with Gasteiger partial charge in [-0.25, -0.2) is 9.59 Å². The molecule has 162 valence electrons. The highest BCUT2D eigenvalue weighted by molar-refractivity contribution is 5.89. The number of piperazine rings is 1. The number of hydrogen-bond acceptors (Lipinski definition) is 4. The van der Waals surface area contributed by atoms with Crippen LogP contribution in [0.3, 0.4) is 0 Å². The second-order valence-electron chi connectivity index (χ2n) is 8.00. The molecule has 0 spiro atoms. The van der Waals surface area contributed by atoms with Crippen molar-refractivity contribution in [2.45, 2.75) is 38.6 Å². The third-order valence-corrected chi connectivity index (χ3v) is 4.29. The molecule has 1 heterocycles.